The van der Waals surface area contributed by atoms with Crippen LogP contribution in [0.4, 0.5) is 10.5 Å². The molecule has 0 fully saturated rings. The van der Waals surface area contributed by atoms with Gasteiger partial charge in [0, 0.05) is 28.8 Å². The van der Waals surface area contributed by atoms with Crippen LogP contribution in [0.5, 0.6) is 0 Å². The average Bonchev–Trinajstić information content (AvgIpc) is 3.06. The molecule has 3 N–H and O–H groups in total. The Morgan fingerprint density at radius 1 is 1.21 bits per heavy atom. The molecule has 5 nitrogen and oxygen atoms in total. The molecule has 2 heterocycles. The van der Waals surface area contributed by atoms with Gasteiger partial charge in [0.1, 0.15) is 6.04 Å². The molecule has 1 aliphatic rings. The van der Waals surface area contributed by atoms with Gasteiger partial charge in [-0.1, -0.05) is 37.6 Å². The zero-order chi connectivity index (χ0) is 19.7. The predicted octanol–water partition coefficient (Wildman–Crippen LogP) is 4.81. The number of carbonyl (C=O) groups is 1. The first kappa shape index (κ1) is 18.4. The summed E-state index contributed by atoms with van der Waals surface area (Å²) in [6, 6.07) is 14.3. The Labute approximate surface area is 165 Å². The quantitative estimate of drug-likeness (QED) is 0.641. The van der Waals surface area contributed by atoms with Gasteiger partial charge in [0.15, 0.2) is 0 Å². The number of H-pyrrole nitrogens is 1. The summed E-state index contributed by atoms with van der Waals surface area (Å²) in [5, 5.41) is 1.14. The van der Waals surface area contributed by atoms with Crippen molar-refractivity contribution in [1.82, 2.24) is 9.88 Å². The molecule has 1 aliphatic heterocycles. The fourth-order valence-electron chi connectivity index (χ4n) is 4.21. The number of hydrogen-bond acceptors (Lipinski definition) is 3. The normalized spacial score (nSPS) is 16.2. The standard InChI is InChI=1S/C23H27N3O2/c1-3-5-15-6-8-16(9-7-15)22-21-18(12-13-26(22)23(27)28-4-2)19-14-17(24)10-11-20(19)25-21/h6-11,14,22,25H,3-5,12-13,24H2,1-2H3. The Hall–Kier alpha value is -2.95. The first-order valence-corrected chi connectivity index (χ1v) is 10.0. The van der Waals surface area contributed by atoms with Crippen molar-refractivity contribution >= 4 is 22.7 Å². The van der Waals surface area contributed by atoms with Gasteiger partial charge in [-0.05, 0) is 54.7 Å². The van der Waals surface area contributed by atoms with E-state index in [2.05, 4.69) is 36.2 Å². The number of nitrogens with zero attached hydrogens (tertiary/aromatic N) is 1. The Balaban J connectivity index is 1.82. The molecule has 0 bridgehead atoms. The van der Waals surface area contributed by atoms with Crippen LogP contribution in [0.25, 0.3) is 10.9 Å². The van der Waals surface area contributed by atoms with Crippen LogP contribution in [0, 0.1) is 0 Å². The second kappa shape index (κ2) is 7.58. The Kier molecular flexibility index (Phi) is 4.99. The zero-order valence-electron chi connectivity index (χ0n) is 16.5. The maximum absolute atomic E-state index is 12.7. The third-order valence-electron chi connectivity index (χ3n) is 5.49. The molecule has 0 saturated carbocycles. The number of aromatic nitrogens is 1. The summed E-state index contributed by atoms with van der Waals surface area (Å²) in [6.45, 7) is 5.01. The number of anilines is 1. The van der Waals surface area contributed by atoms with Crippen molar-refractivity contribution in [1.29, 1.82) is 0 Å². The molecule has 0 spiro atoms. The second-order valence-corrected chi connectivity index (χ2v) is 7.36. The first-order valence-electron chi connectivity index (χ1n) is 10.0. The van der Waals surface area contributed by atoms with Gasteiger partial charge >= 0.3 is 6.09 Å². The van der Waals surface area contributed by atoms with Gasteiger partial charge in [-0.15, -0.1) is 0 Å². The first-order chi connectivity index (χ1) is 13.6. The zero-order valence-corrected chi connectivity index (χ0v) is 16.5. The number of amides is 1. The molecule has 1 atom stereocenters. The highest BCUT2D eigenvalue weighted by Gasteiger charge is 2.35. The van der Waals surface area contributed by atoms with E-state index in [9.17, 15) is 4.79 Å². The maximum Gasteiger partial charge on any atom is 0.410 e. The minimum Gasteiger partial charge on any atom is -0.450 e. The number of rotatable bonds is 4. The predicted molar refractivity (Wildman–Crippen MR) is 112 cm³/mol. The van der Waals surface area contributed by atoms with Crippen LogP contribution in [0.15, 0.2) is 42.5 Å². The number of nitrogens with one attached hydrogen (secondary N) is 1. The number of aryl methyl sites for hydroxylation is 1. The molecular weight excluding hydrogens is 350 g/mol. The Morgan fingerprint density at radius 3 is 2.71 bits per heavy atom. The van der Waals surface area contributed by atoms with E-state index >= 15 is 0 Å². The third-order valence-corrected chi connectivity index (χ3v) is 5.49. The summed E-state index contributed by atoms with van der Waals surface area (Å²) in [4.78, 5) is 18.1. The van der Waals surface area contributed by atoms with Crippen LogP contribution in [0.3, 0.4) is 0 Å². The lowest BCUT2D eigenvalue weighted by atomic mass is 9.92. The summed E-state index contributed by atoms with van der Waals surface area (Å²) in [5.74, 6) is 0. The van der Waals surface area contributed by atoms with Gasteiger partial charge in [0.2, 0.25) is 0 Å². The number of hydrogen-bond donors (Lipinski definition) is 2. The van der Waals surface area contributed by atoms with E-state index in [1.54, 1.807) is 0 Å². The molecule has 4 rings (SSSR count). The minimum absolute atomic E-state index is 0.188. The number of carbonyl (C=O) groups excluding carboxylic acids is 1. The Bertz CT molecular complexity index is 991. The van der Waals surface area contributed by atoms with Gasteiger partial charge in [-0.3, -0.25) is 4.90 Å². The molecule has 1 unspecified atom stereocenters. The fraction of sp³-hybridized carbons (Fsp3) is 0.348. The fourth-order valence-corrected chi connectivity index (χ4v) is 4.21. The SMILES string of the molecule is CCCc1ccc(C2c3[nH]c4ccc(N)cc4c3CCN2C(=O)OCC)cc1. The summed E-state index contributed by atoms with van der Waals surface area (Å²) in [7, 11) is 0. The monoisotopic (exact) mass is 377 g/mol. The molecule has 0 saturated heterocycles. The van der Waals surface area contributed by atoms with Gasteiger partial charge in [-0.25, -0.2) is 4.79 Å². The van der Waals surface area contributed by atoms with Crippen molar-refractivity contribution in [2.24, 2.45) is 0 Å². The molecule has 146 valence electrons. The smallest absolute Gasteiger partial charge is 0.410 e. The number of fused-ring (bicyclic) bond motifs is 3. The van der Waals surface area contributed by atoms with Gasteiger partial charge < -0.3 is 15.5 Å². The topological polar surface area (TPSA) is 71.4 Å². The summed E-state index contributed by atoms with van der Waals surface area (Å²) in [6.07, 6.45) is 2.69. The largest absolute Gasteiger partial charge is 0.450 e. The number of benzene rings is 2. The number of nitrogen functional groups attached to an aromatic ring is 1. The molecule has 5 heteroatoms. The molecule has 3 aromatic rings. The molecule has 0 aliphatic carbocycles. The van der Waals surface area contributed by atoms with Crippen LogP contribution in [0.2, 0.25) is 0 Å². The van der Waals surface area contributed by atoms with Gasteiger partial charge in [0.05, 0.1) is 6.61 Å². The maximum atomic E-state index is 12.7. The van der Waals surface area contributed by atoms with Crippen molar-refractivity contribution < 1.29 is 9.53 Å². The minimum atomic E-state index is -0.269. The van der Waals surface area contributed by atoms with Gasteiger partial charge in [0.25, 0.3) is 0 Å². The lowest BCUT2D eigenvalue weighted by Crippen LogP contribution is -2.41. The van der Waals surface area contributed by atoms with Crippen LogP contribution in [0.1, 0.15) is 48.7 Å². The molecular formula is C23H27N3O2. The third kappa shape index (κ3) is 3.21. The average molecular weight is 377 g/mol. The summed E-state index contributed by atoms with van der Waals surface area (Å²) < 4.78 is 5.36. The molecule has 2 aromatic carbocycles. The number of ether oxygens (including phenoxy) is 1. The van der Waals surface area contributed by atoms with Crippen molar-refractivity contribution in [3.63, 3.8) is 0 Å². The highest BCUT2D eigenvalue weighted by molar-refractivity contribution is 5.88. The molecule has 1 aromatic heterocycles. The van der Waals surface area contributed by atoms with Crippen molar-refractivity contribution in [3.8, 4) is 0 Å². The van der Waals surface area contributed by atoms with E-state index in [4.69, 9.17) is 10.5 Å². The van der Waals surface area contributed by atoms with Crippen LogP contribution >= 0.6 is 0 Å². The number of aromatic amines is 1. The van der Waals surface area contributed by atoms with E-state index in [0.29, 0.717) is 13.2 Å². The molecule has 0 radical (unpaired) electrons. The van der Waals surface area contributed by atoms with E-state index in [1.165, 1.54) is 11.1 Å². The molecule has 28 heavy (non-hydrogen) atoms. The highest BCUT2D eigenvalue weighted by Crippen LogP contribution is 2.39. The van der Waals surface area contributed by atoms with Crippen molar-refractivity contribution in [2.45, 2.75) is 39.2 Å². The second-order valence-electron chi connectivity index (χ2n) is 7.36. The Morgan fingerprint density at radius 2 is 2.00 bits per heavy atom. The van der Waals surface area contributed by atoms with Gasteiger partial charge in [-0.2, -0.15) is 0 Å². The van der Waals surface area contributed by atoms with Crippen molar-refractivity contribution in [2.75, 3.05) is 18.9 Å². The van der Waals surface area contributed by atoms with Crippen LogP contribution < -0.4 is 5.73 Å². The lowest BCUT2D eigenvalue weighted by molar-refractivity contribution is 0.0932. The van der Waals surface area contributed by atoms with Crippen molar-refractivity contribution in [3.05, 3.63) is 64.8 Å². The lowest BCUT2D eigenvalue weighted by Gasteiger charge is -2.35. The van der Waals surface area contributed by atoms with Crippen LogP contribution in [-0.2, 0) is 17.6 Å². The van der Waals surface area contributed by atoms with Crippen LogP contribution in [-0.4, -0.2) is 29.1 Å². The highest BCUT2D eigenvalue weighted by atomic mass is 16.6. The molecule has 1 amide bonds. The van der Waals surface area contributed by atoms with E-state index in [0.717, 1.165) is 47.1 Å². The summed E-state index contributed by atoms with van der Waals surface area (Å²) >= 11 is 0. The van der Waals surface area contributed by atoms with E-state index < -0.39 is 0 Å². The summed E-state index contributed by atoms with van der Waals surface area (Å²) in [5.41, 5.74) is 12.5. The van der Waals surface area contributed by atoms with E-state index in [1.807, 2.05) is 30.0 Å². The van der Waals surface area contributed by atoms with E-state index in [-0.39, 0.29) is 12.1 Å². The number of nitrogens with two attached hydrogens (primary N) is 1.